The van der Waals surface area contributed by atoms with E-state index in [-0.39, 0.29) is 12.5 Å². The molecule has 3 rings (SSSR count). The van der Waals surface area contributed by atoms with Gasteiger partial charge in [0.1, 0.15) is 5.75 Å². The maximum atomic E-state index is 12.8. The third-order valence-corrected chi connectivity index (χ3v) is 5.79. The number of rotatable bonds is 9. The Bertz CT molecular complexity index is 1150. The maximum absolute atomic E-state index is 12.8. The molecule has 1 amide bonds. The Balaban J connectivity index is 1.91. The molecule has 0 N–H and O–H groups in total. The van der Waals surface area contributed by atoms with Gasteiger partial charge in [0, 0.05) is 17.7 Å². The van der Waals surface area contributed by atoms with Gasteiger partial charge in [0.25, 0.3) is 5.91 Å². The van der Waals surface area contributed by atoms with Crippen LogP contribution in [0.5, 0.6) is 17.2 Å². The van der Waals surface area contributed by atoms with Crippen LogP contribution < -0.4 is 19.0 Å². The van der Waals surface area contributed by atoms with E-state index in [1.807, 2.05) is 16.7 Å². The zero-order valence-electron chi connectivity index (χ0n) is 18.0. The van der Waals surface area contributed by atoms with Crippen molar-refractivity contribution in [2.45, 2.75) is 32.7 Å². The quantitative estimate of drug-likeness (QED) is 0.360. The summed E-state index contributed by atoms with van der Waals surface area (Å²) in [7, 11) is 3.16. The lowest BCUT2D eigenvalue weighted by molar-refractivity contribution is 0.0998. The van der Waals surface area contributed by atoms with Gasteiger partial charge in [-0.25, -0.2) is 0 Å². The Hall–Kier alpha value is -3.24. The number of carbonyl (C=O) groups is 1. The SMILES string of the molecule is C#CCn1c(=NC(=O)c2ccc(OCCCCC)cc2)sc2cc(OC)c(OC)cc21. The number of hydrogen-bond acceptors (Lipinski definition) is 5. The predicted octanol–water partition coefficient (Wildman–Crippen LogP) is 4.66. The molecule has 7 heteroatoms. The highest BCUT2D eigenvalue weighted by Crippen LogP contribution is 2.33. The van der Waals surface area contributed by atoms with Crippen molar-refractivity contribution in [1.82, 2.24) is 4.57 Å². The number of carbonyl (C=O) groups excluding carboxylic acids is 1. The first-order valence-electron chi connectivity index (χ1n) is 10.1. The van der Waals surface area contributed by atoms with Crippen LogP contribution in [0.1, 0.15) is 36.5 Å². The van der Waals surface area contributed by atoms with Gasteiger partial charge in [-0.2, -0.15) is 4.99 Å². The summed E-state index contributed by atoms with van der Waals surface area (Å²) < 4.78 is 19.2. The van der Waals surface area contributed by atoms with Crippen LogP contribution >= 0.6 is 11.3 Å². The van der Waals surface area contributed by atoms with E-state index in [9.17, 15) is 4.79 Å². The summed E-state index contributed by atoms with van der Waals surface area (Å²) in [6, 6.07) is 10.8. The summed E-state index contributed by atoms with van der Waals surface area (Å²) >= 11 is 1.37. The zero-order valence-corrected chi connectivity index (χ0v) is 18.8. The fourth-order valence-electron chi connectivity index (χ4n) is 3.11. The second-order valence-electron chi connectivity index (χ2n) is 6.85. The number of amides is 1. The molecule has 0 aliphatic carbocycles. The first-order valence-corrected chi connectivity index (χ1v) is 10.9. The van der Waals surface area contributed by atoms with Gasteiger partial charge < -0.3 is 18.8 Å². The van der Waals surface area contributed by atoms with E-state index in [0.717, 1.165) is 35.2 Å². The van der Waals surface area contributed by atoms with Crippen molar-refractivity contribution in [3.05, 3.63) is 46.8 Å². The van der Waals surface area contributed by atoms with Gasteiger partial charge in [-0.1, -0.05) is 37.0 Å². The second-order valence-corrected chi connectivity index (χ2v) is 7.86. The Morgan fingerprint density at radius 2 is 1.84 bits per heavy atom. The van der Waals surface area contributed by atoms with Crippen molar-refractivity contribution in [2.24, 2.45) is 4.99 Å². The molecule has 1 aromatic heterocycles. The molecule has 0 atom stereocenters. The van der Waals surface area contributed by atoms with E-state index in [1.54, 1.807) is 38.5 Å². The average molecular weight is 439 g/mol. The van der Waals surface area contributed by atoms with Crippen molar-refractivity contribution in [3.8, 4) is 29.6 Å². The first kappa shape index (κ1) is 22.4. The number of nitrogens with zero attached hydrogens (tertiary/aromatic N) is 2. The van der Waals surface area contributed by atoms with Crippen LogP contribution in [0, 0.1) is 12.3 Å². The van der Waals surface area contributed by atoms with Crippen LogP contribution in [0.2, 0.25) is 0 Å². The molecule has 1 heterocycles. The number of hydrogen-bond donors (Lipinski definition) is 0. The minimum Gasteiger partial charge on any atom is -0.494 e. The smallest absolute Gasteiger partial charge is 0.279 e. The Morgan fingerprint density at radius 1 is 1.13 bits per heavy atom. The number of thiazole rings is 1. The van der Waals surface area contributed by atoms with Crippen molar-refractivity contribution in [2.75, 3.05) is 20.8 Å². The third-order valence-electron chi connectivity index (χ3n) is 4.75. The van der Waals surface area contributed by atoms with Gasteiger partial charge in [0.2, 0.25) is 0 Å². The summed E-state index contributed by atoms with van der Waals surface area (Å²) in [6.45, 7) is 3.11. The van der Waals surface area contributed by atoms with E-state index in [1.165, 1.54) is 11.3 Å². The topological polar surface area (TPSA) is 62.1 Å². The Morgan fingerprint density at radius 3 is 2.48 bits per heavy atom. The summed E-state index contributed by atoms with van der Waals surface area (Å²) in [5.74, 6) is 4.23. The lowest BCUT2D eigenvalue weighted by atomic mass is 10.2. The highest BCUT2D eigenvalue weighted by Gasteiger charge is 2.13. The largest absolute Gasteiger partial charge is 0.494 e. The van der Waals surface area contributed by atoms with Gasteiger partial charge in [-0.3, -0.25) is 4.79 Å². The monoisotopic (exact) mass is 438 g/mol. The van der Waals surface area contributed by atoms with Gasteiger partial charge >= 0.3 is 0 Å². The molecule has 3 aromatic rings. The molecule has 0 bridgehead atoms. The molecule has 162 valence electrons. The molecule has 0 spiro atoms. The predicted molar refractivity (Wildman–Crippen MR) is 123 cm³/mol. The molecule has 2 aromatic carbocycles. The number of aromatic nitrogens is 1. The van der Waals surface area contributed by atoms with Crippen LogP contribution in [0.25, 0.3) is 10.2 Å². The first-order chi connectivity index (χ1) is 15.1. The number of terminal acetylenes is 1. The molecular formula is C24H26N2O4S. The maximum Gasteiger partial charge on any atom is 0.279 e. The molecule has 31 heavy (non-hydrogen) atoms. The molecular weight excluding hydrogens is 412 g/mol. The summed E-state index contributed by atoms with van der Waals surface area (Å²) in [5.41, 5.74) is 1.32. The lowest BCUT2D eigenvalue weighted by Crippen LogP contribution is -2.16. The van der Waals surface area contributed by atoms with Gasteiger partial charge in [0.15, 0.2) is 16.3 Å². The van der Waals surface area contributed by atoms with Crippen LogP contribution in [-0.4, -0.2) is 31.3 Å². The van der Waals surface area contributed by atoms with E-state index in [2.05, 4.69) is 17.8 Å². The molecule has 0 fully saturated rings. The van der Waals surface area contributed by atoms with E-state index >= 15 is 0 Å². The minimum absolute atomic E-state index is 0.284. The van der Waals surface area contributed by atoms with Crippen molar-refractivity contribution in [1.29, 1.82) is 0 Å². The number of ether oxygens (including phenoxy) is 3. The zero-order chi connectivity index (χ0) is 22.2. The Kier molecular flexibility index (Phi) is 7.74. The highest BCUT2D eigenvalue weighted by atomic mass is 32.1. The van der Waals surface area contributed by atoms with Crippen molar-refractivity contribution in [3.63, 3.8) is 0 Å². The molecule has 0 radical (unpaired) electrons. The van der Waals surface area contributed by atoms with Gasteiger partial charge in [0.05, 0.1) is 37.6 Å². The minimum atomic E-state index is -0.339. The molecule has 0 saturated heterocycles. The average Bonchev–Trinajstić information content (AvgIpc) is 3.12. The standard InChI is InChI=1S/C24H26N2O4S/c1-5-7-8-14-30-18-11-9-17(10-12-18)23(27)25-24-26(13-6-2)19-15-20(28-3)21(29-4)16-22(19)31-24/h2,9-12,15-16H,5,7-8,13-14H2,1,3-4H3. The Labute approximate surface area is 186 Å². The fourth-order valence-corrected chi connectivity index (χ4v) is 4.15. The van der Waals surface area contributed by atoms with Crippen molar-refractivity contribution < 1.29 is 19.0 Å². The number of benzene rings is 2. The normalized spacial score (nSPS) is 11.4. The van der Waals surface area contributed by atoms with Crippen molar-refractivity contribution >= 4 is 27.5 Å². The second kappa shape index (κ2) is 10.7. The van der Waals surface area contributed by atoms with Crippen LogP contribution in [0.3, 0.4) is 0 Å². The van der Waals surface area contributed by atoms with E-state index in [0.29, 0.717) is 28.5 Å². The molecule has 0 aliphatic rings. The number of methoxy groups -OCH3 is 2. The molecule has 0 aliphatic heterocycles. The lowest BCUT2D eigenvalue weighted by Gasteiger charge is -2.08. The fraction of sp³-hybridized carbons (Fsp3) is 0.333. The van der Waals surface area contributed by atoms with E-state index in [4.69, 9.17) is 20.6 Å². The van der Waals surface area contributed by atoms with Crippen LogP contribution in [-0.2, 0) is 6.54 Å². The molecule has 0 saturated carbocycles. The van der Waals surface area contributed by atoms with Crippen LogP contribution in [0.15, 0.2) is 41.4 Å². The van der Waals surface area contributed by atoms with Crippen LogP contribution in [0.4, 0.5) is 0 Å². The third kappa shape index (κ3) is 5.28. The van der Waals surface area contributed by atoms with Gasteiger partial charge in [-0.15, -0.1) is 6.42 Å². The summed E-state index contributed by atoms with van der Waals surface area (Å²) in [6.07, 6.45) is 8.87. The molecule has 0 unspecified atom stereocenters. The highest BCUT2D eigenvalue weighted by molar-refractivity contribution is 7.16. The summed E-state index contributed by atoms with van der Waals surface area (Å²) in [5, 5.41) is 0. The number of unbranched alkanes of at least 4 members (excludes halogenated alkanes) is 2. The summed E-state index contributed by atoms with van der Waals surface area (Å²) in [4.78, 5) is 17.6. The molecule has 6 nitrogen and oxygen atoms in total. The van der Waals surface area contributed by atoms with E-state index < -0.39 is 0 Å². The van der Waals surface area contributed by atoms with Gasteiger partial charge in [-0.05, 0) is 30.7 Å². The number of fused-ring (bicyclic) bond motifs is 1.